The van der Waals surface area contributed by atoms with Crippen molar-refractivity contribution in [3.8, 4) is 22.8 Å². The molecule has 1 amide bonds. The number of benzene rings is 2. The Morgan fingerprint density at radius 3 is 2.50 bits per heavy atom. The summed E-state index contributed by atoms with van der Waals surface area (Å²) in [6.45, 7) is 5.18. The van der Waals surface area contributed by atoms with E-state index in [-0.39, 0.29) is 23.6 Å². The minimum atomic E-state index is -0.278. The van der Waals surface area contributed by atoms with Crippen molar-refractivity contribution < 1.29 is 18.8 Å². The van der Waals surface area contributed by atoms with Gasteiger partial charge >= 0.3 is 0 Å². The van der Waals surface area contributed by atoms with E-state index < -0.39 is 0 Å². The summed E-state index contributed by atoms with van der Waals surface area (Å²) in [6, 6.07) is 16.8. The van der Waals surface area contributed by atoms with Crippen LogP contribution in [-0.2, 0) is 0 Å². The number of rotatable bonds is 5. The van der Waals surface area contributed by atoms with Gasteiger partial charge < -0.3 is 19.3 Å². The predicted octanol–water partition coefficient (Wildman–Crippen LogP) is 4.24. The fourth-order valence-electron chi connectivity index (χ4n) is 3.22. The van der Waals surface area contributed by atoms with Crippen molar-refractivity contribution >= 4 is 5.91 Å². The monoisotopic (exact) mass is 378 g/mol. The summed E-state index contributed by atoms with van der Waals surface area (Å²) in [5.41, 5.74) is 2.09. The van der Waals surface area contributed by atoms with Gasteiger partial charge in [0.1, 0.15) is 13.2 Å². The van der Waals surface area contributed by atoms with Crippen molar-refractivity contribution in [2.24, 2.45) is 5.92 Å². The van der Waals surface area contributed by atoms with E-state index in [1.54, 1.807) is 6.07 Å². The molecule has 1 N–H and O–H groups in total. The molecule has 3 aromatic rings. The molecule has 1 aliphatic heterocycles. The molecule has 0 aliphatic carbocycles. The van der Waals surface area contributed by atoms with Crippen molar-refractivity contribution in [2.45, 2.75) is 19.9 Å². The van der Waals surface area contributed by atoms with Crippen molar-refractivity contribution in [3.63, 3.8) is 0 Å². The summed E-state index contributed by atoms with van der Waals surface area (Å²) in [4.78, 5) is 12.8. The number of nitrogens with zero attached hydrogens (tertiary/aromatic N) is 1. The zero-order valence-electron chi connectivity index (χ0n) is 15.8. The summed E-state index contributed by atoms with van der Waals surface area (Å²) in [6.07, 6.45) is 0. The van der Waals surface area contributed by atoms with Gasteiger partial charge in [-0.05, 0) is 23.6 Å². The average Bonchev–Trinajstić information content (AvgIpc) is 3.22. The van der Waals surface area contributed by atoms with Gasteiger partial charge in [-0.1, -0.05) is 55.4 Å². The number of nitrogens with one attached hydrogen (secondary N) is 1. The Kier molecular flexibility index (Phi) is 5.02. The molecule has 1 aliphatic rings. The van der Waals surface area contributed by atoms with E-state index in [2.05, 4.69) is 24.3 Å². The van der Waals surface area contributed by atoms with Crippen LogP contribution in [-0.4, -0.2) is 24.3 Å². The highest BCUT2D eigenvalue weighted by molar-refractivity contribution is 5.93. The second kappa shape index (κ2) is 7.76. The third-order valence-electron chi connectivity index (χ3n) is 4.68. The summed E-state index contributed by atoms with van der Waals surface area (Å²) in [5, 5.41) is 7.00. The van der Waals surface area contributed by atoms with E-state index in [4.69, 9.17) is 14.0 Å². The predicted molar refractivity (Wildman–Crippen MR) is 104 cm³/mol. The highest BCUT2D eigenvalue weighted by Crippen LogP contribution is 2.34. The highest BCUT2D eigenvalue weighted by atomic mass is 16.6. The minimum absolute atomic E-state index is 0.173. The second-order valence-electron chi connectivity index (χ2n) is 7.04. The van der Waals surface area contributed by atoms with Crippen LogP contribution in [0.1, 0.15) is 35.9 Å². The zero-order valence-corrected chi connectivity index (χ0v) is 15.8. The van der Waals surface area contributed by atoms with Crippen LogP contribution in [0.3, 0.4) is 0 Å². The number of hydrogen-bond acceptors (Lipinski definition) is 5. The fourth-order valence-corrected chi connectivity index (χ4v) is 3.22. The van der Waals surface area contributed by atoms with Gasteiger partial charge in [-0.2, -0.15) is 0 Å². The lowest BCUT2D eigenvalue weighted by atomic mass is 9.95. The van der Waals surface area contributed by atoms with E-state index in [9.17, 15) is 4.79 Å². The molecule has 144 valence electrons. The smallest absolute Gasteiger partial charge is 0.273 e. The van der Waals surface area contributed by atoms with Crippen LogP contribution in [0.15, 0.2) is 59.1 Å². The van der Waals surface area contributed by atoms with E-state index >= 15 is 0 Å². The molecule has 0 bridgehead atoms. The Morgan fingerprint density at radius 2 is 1.75 bits per heavy atom. The van der Waals surface area contributed by atoms with Crippen molar-refractivity contribution in [2.75, 3.05) is 13.2 Å². The maximum Gasteiger partial charge on any atom is 0.273 e. The molecule has 6 nitrogen and oxygen atoms in total. The van der Waals surface area contributed by atoms with Crippen LogP contribution in [0.2, 0.25) is 0 Å². The first-order valence-corrected chi connectivity index (χ1v) is 9.34. The molecule has 0 radical (unpaired) electrons. The van der Waals surface area contributed by atoms with E-state index in [0.717, 1.165) is 16.9 Å². The normalized spacial score (nSPS) is 14.0. The first kappa shape index (κ1) is 18.1. The lowest BCUT2D eigenvalue weighted by Crippen LogP contribution is -2.32. The maximum absolute atomic E-state index is 12.8. The Balaban J connectivity index is 1.54. The Labute approximate surface area is 163 Å². The van der Waals surface area contributed by atoms with Gasteiger partial charge in [-0.15, -0.1) is 0 Å². The first-order chi connectivity index (χ1) is 13.6. The van der Waals surface area contributed by atoms with Crippen LogP contribution >= 0.6 is 0 Å². The molecule has 4 rings (SSSR count). The number of hydrogen-bond donors (Lipinski definition) is 1. The van der Waals surface area contributed by atoms with Crippen LogP contribution in [0, 0.1) is 5.92 Å². The van der Waals surface area contributed by atoms with Crippen molar-refractivity contribution in [1.82, 2.24) is 10.5 Å². The minimum Gasteiger partial charge on any atom is -0.486 e. The number of carbonyl (C=O) groups is 1. The van der Waals surface area contributed by atoms with Gasteiger partial charge in [0.25, 0.3) is 5.91 Å². The Hall–Kier alpha value is -3.28. The van der Waals surface area contributed by atoms with Gasteiger partial charge in [0.15, 0.2) is 23.0 Å². The molecule has 2 heterocycles. The summed E-state index contributed by atoms with van der Waals surface area (Å²) in [7, 11) is 0. The van der Waals surface area contributed by atoms with Gasteiger partial charge in [-0.3, -0.25) is 4.79 Å². The van der Waals surface area contributed by atoms with Crippen LogP contribution < -0.4 is 14.8 Å². The van der Waals surface area contributed by atoms with E-state index in [0.29, 0.717) is 24.7 Å². The molecule has 1 atom stereocenters. The Bertz CT molecular complexity index is 966. The third-order valence-corrected chi connectivity index (χ3v) is 4.68. The molecule has 1 unspecified atom stereocenters. The molecule has 1 aromatic heterocycles. The first-order valence-electron chi connectivity index (χ1n) is 9.34. The lowest BCUT2D eigenvalue weighted by molar-refractivity contribution is 0.0916. The van der Waals surface area contributed by atoms with E-state index in [1.807, 2.05) is 48.5 Å². The molecular weight excluding hydrogens is 356 g/mol. The number of ether oxygens (including phenoxy) is 2. The third kappa shape index (κ3) is 3.71. The molecule has 0 fully saturated rings. The number of carbonyl (C=O) groups excluding carboxylic acids is 1. The van der Waals surface area contributed by atoms with E-state index in [1.165, 1.54) is 0 Å². The summed E-state index contributed by atoms with van der Waals surface area (Å²) >= 11 is 0. The molecule has 0 spiro atoms. The molecular formula is C22H22N2O4. The molecule has 0 saturated carbocycles. The molecule has 28 heavy (non-hydrogen) atoms. The number of fused-ring (bicyclic) bond motifs is 1. The fraction of sp³-hybridized carbons (Fsp3) is 0.273. The van der Waals surface area contributed by atoms with Crippen LogP contribution in [0.4, 0.5) is 0 Å². The second-order valence-corrected chi connectivity index (χ2v) is 7.04. The van der Waals surface area contributed by atoms with Crippen LogP contribution in [0.5, 0.6) is 11.5 Å². The highest BCUT2D eigenvalue weighted by Gasteiger charge is 2.23. The molecule has 0 saturated heterocycles. The zero-order chi connectivity index (χ0) is 19.5. The summed E-state index contributed by atoms with van der Waals surface area (Å²) < 4.78 is 16.6. The largest absolute Gasteiger partial charge is 0.486 e. The van der Waals surface area contributed by atoms with Gasteiger partial charge in [-0.25, -0.2) is 0 Å². The SMILES string of the molecule is CC(C)C(NC(=O)c1cc(-c2ccccc2)on1)c1ccc2c(c1)OCCO2. The standard InChI is InChI=1S/C22H22N2O4/c1-14(2)21(16-8-9-18-20(12-16)27-11-10-26-18)23-22(25)17-13-19(28-24-17)15-6-4-3-5-7-15/h3-9,12-14,21H,10-11H2,1-2H3,(H,23,25). The van der Waals surface area contributed by atoms with Crippen molar-refractivity contribution in [3.05, 3.63) is 65.9 Å². The quantitative estimate of drug-likeness (QED) is 0.719. The average molecular weight is 378 g/mol. The number of aromatic nitrogens is 1. The van der Waals surface area contributed by atoms with Gasteiger partial charge in [0, 0.05) is 11.6 Å². The topological polar surface area (TPSA) is 73.6 Å². The van der Waals surface area contributed by atoms with Crippen molar-refractivity contribution in [1.29, 1.82) is 0 Å². The lowest BCUT2D eigenvalue weighted by Gasteiger charge is -2.25. The van der Waals surface area contributed by atoms with Gasteiger partial charge in [0.05, 0.1) is 6.04 Å². The summed E-state index contributed by atoms with van der Waals surface area (Å²) in [5.74, 6) is 1.89. The van der Waals surface area contributed by atoms with Gasteiger partial charge in [0.2, 0.25) is 0 Å². The maximum atomic E-state index is 12.8. The Morgan fingerprint density at radius 1 is 1.00 bits per heavy atom. The molecule has 2 aromatic carbocycles. The molecule has 6 heteroatoms. The number of amides is 1. The van der Waals surface area contributed by atoms with Crippen LogP contribution in [0.25, 0.3) is 11.3 Å².